The molecule has 1 unspecified atom stereocenters. The van der Waals surface area contributed by atoms with Gasteiger partial charge in [-0.25, -0.2) is 5.84 Å². The number of aliphatic hydroxyl groups excluding tert-OH is 1. The van der Waals surface area contributed by atoms with Crippen LogP contribution in [0.15, 0.2) is 6.20 Å². The summed E-state index contributed by atoms with van der Waals surface area (Å²) in [6.45, 7) is 2.95. The molecule has 18 heavy (non-hydrogen) atoms. The Bertz CT molecular complexity index is 512. The van der Waals surface area contributed by atoms with Crippen LogP contribution < -0.4 is 16.6 Å². The molecule has 0 aliphatic carbocycles. The second kappa shape index (κ2) is 5.61. The Hall–Kier alpha value is -1.93. The van der Waals surface area contributed by atoms with Crippen LogP contribution in [-0.4, -0.2) is 38.4 Å². The van der Waals surface area contributed by atoms with Crippen molar-refractivity contribution in [3.63, 3.8) is 0 Å². The summed E-state index contributed by atoms with van der Waals surface area (Å²) in [6.07, 6.45) is 2.41. The van der Waals surface area contributed by atoms with Crippen LogP contribution in [0.5, 0.6) is 0 Å². The van der Waals surface area contributed by atoms with Gasteiger partial charge in [0.05, 0.1) is 11.6 Å². The zero-order valence-electron chi connectivity index (χ0n) is 10.1. The van der Waals surface area contributed by atoms with E-state index in [0.717, 1.165) is 11.8 Å². The molecule has 0 spiro atoms. The largest absolute Gasteiger partial charge is 0.396 e. The number of nitrogens with one attached hydrogen (secondary N) is 3. The lowest BCUT2D eigenvalue weighted by molar-refractivity contribution is 0.266. The van der Waals surface area contributed by atoms with Crippen LogP contribution in [0, 0.1) is 5.92 Å². The average molecular weight is 251 g/mol. The summed E-state index contributed by atoms with van der Waals surface area (Å²) in [4.78, 5) is 8.38. The van der Waals surface area contributed by atoms with E-state index in [1.54, 1.807) is 6.20 Å². The highest BCUT2D eigenvalue weighted by molar-refractivity contribution is 5.86. The van der Waals surface area contributed by atoms with Crippen LogP contribution in [0.25, 0.3) is 11.0 Å². The van der Waals surface area contributed by atoms with E-state index in [-0.39, 0.29) is 6.61 Å². The van der Waals surface area contributed by atoms with Crippen LogP contribution in [0.3, 0.4) is 0 Å². The zero-order chi connectivity index (χ0) is 13.0. The van der Waals surface area contributed by atoms with Gasteiger partial charge in [0.25, 0.3) is 0 Å². The first-order chi connectivity index (χ1) is 8.74. The third kappa shape index (κ3) is 2.66. The molecule has 0 saturated carbocycles. The molecule has 0 saturated heterocycles. The van der Waals surface area contributed by atoms with Crippen LogP contribution in [0.2, 0.25) is 0 Å². The molecule has 6 N–H and O–H groups in total. The van der Waals surface area contributed by atoms with Gasteiger partial charge in [0.1, 0.15) is 5.82 Å². The quantitative estimate of drug-likeness (QED) is 0.363. The molecule has 8 heteroatoms. The second-order valence-corrected chi connectivity index (χ2v) is 4.17. The second-order valence-electron chi connectivity index (χ2n) is 4.17. The highest BCUT2D eigenvalue weighted by Crippen LogP contribution is 2.19. The third-order valence-electron chi connectivity index (χ3n) is 2.68. The molecule has 0 radical (unpaired) electrons. The van der Waals surface area contributed by atoms with Gasteiger partial charge in [0.15, 0.2) is 5.65 Å². The lowest BCUT2D eigenvalue weighted by atomic mass is 10.1. The van der Waals surface area contributed by atoms with Crippen molar-refractivity contribution in [2.24, 2.45) is 11.8 Å². The van der Waals surface area contributed by atoms with E-state index < -0.39 is 0 Å². The maximum absolute atomic E-state index is 8.86. The van der Waals surface area contributed by atoms with E-state index in [1.165, 1.54) is 0 Å². The van der Waals surface area contributed by atoms with E-state index in [9.17, 15) is 0 Å². The molecule has 0 amide bonds. The molecule has 0 aliphatic rings. The Kier molecular flexibility index (Phi) is 3.90. The summed E-state index contributed by atoms with van der Waals surface area (Å²) in [6, 6.07) is 0. The van der Waals surface area contributed by atoms with E-state index >= 15 is 0 Å². The molecule has 2 aromatic rings. The van der Waals surface area contributed by atoms with Crippen molar-refractivity contribution in [3.8, 4) is 0 Å². The van der Waals surface area contributed by atoms with Crippen molar-refractivity contribution in [1.82, 2.24) is 20.2 Å². The maximum atomic E-state index is 8.86. The normalized spacial score (nSPS) is 12.6. The van der Waals surface area contributed by atoms with Crippen molar-refractivity contribution >= 4 is 22.8 Å². The summed E-state index contributed by atoms with van der Waals surface area (Å²) >= 11 is 0. The summed E-state index contributed by atoms with van der Waals surface area (Å²) in [5, 5.41) is 19.6. The van der Waals surface area contributed by atoms with E-state index in [1.807, 2.05) is 0 Å². The SMILES string of the molecule is CC(CCO)CNc1nc(NN)nc2[nH]ncc12. The number of fused-ring (bicyclic) bond motifs is 1. The lowest BCUT2D eigenvalue weighted by Gasteiger charge is -2.12. The van der Waals surface area contributed by atoms with Gasteiger partial charge < -0.3 is 10.4 Å². The number of aliphatic hydroxyl groups is 1. The van der Waals surface area contributed by atoms with Crippen molar-refractivity contribution in [2.45, 2.75) is 13.3 Å². The zero-order valence-corrected chi connectivity index (χ0v) is 10.1. The number of rotatable bonds is 6. The van der Waals surface area contributed by atoms with Crippen LogP contribution >= 0.6 is 0 Å². The molecule has 0 aromatic carbocycles. The molecular formula is C10H17N7O. The summed E-state index contributed by atoms with van der Waals surface area (Å²) in [7, 11) is 0. The number of hydrazine groups is 1. The van der Waals surface area contributed by atoms with Gasteiger partial charge in [-0.15, -0.1) is 0 Å². The van der Waals surface area contributed by atoms with Gasteiger partial charge in [0, 0.05) is 13.2 Å². The number of anilines is 2. The minimum atomic E-state index is 0.184. The molecule has 2 heterocycles. The Morgan fingerprint density at radius 2 is 2.33 bits per heavy atom. The predicted octanol–water partition coefficient (Wildman–Crippen LogP) is 0.0689. The van der Waals surface area contributed by atoms with Crippen LogP contribution in [0.4, 0.5) is 11.8 Å². The first-order valence-electron chi connectivity index (χ1n) is 5.77. The average Bonchev–Trinajstić information content (AvgIpc) is 2.84. The van der Waals surface area contributed by atoms with Gasteiger partial charge in [0.2, 0.25) is 5.95 Å². The van der Waals surface area contributed by atoms with E-state index in [4.69, 9.17) is 10.9 Å². The number of nitrogens with zero attached hydrogens (tertiary/aromatic N) is 3. The van der Waals surface area contributed by atoms with Crippen molar-refractivity contribution in [2.75, 3.05) is 23.9 Å². The molecule has 0 aliphatic heterocycles. The molecule has 98 valence electrons. The van der Waals surface area contributed by atoms with E-state index in [2.05, 4.69) is 37.8 Å². The highest BCUT2D eigenvalue weighted by atomic mass is 16.3. The summed E-state index contributed by atoms with van der Waals surface area (Å²) in [5.41, 5.74) is 3.03. The third-order valence-corrected chi connectivity index (χ3v) is 2.68. The Labute approximate surface area is 104 Å². The van der Waals surface area contributed by atoms with Gasteiger partial charge in [-0.2, -0.15) is 15.1 Å². The molecule has 2 aromatic heterocycles. The van der Waals surface area contributed by atoms with Crippen molar-refractivity contribution < 1.29 is 5.11 Å². The first kappa shape index (κ1) is 12.5. The monoisotopic (exact) mass is 251 g/mol. The smallest absolute Gasteiger partial charge is 0.241 e. The number of hydrogen-bond acceptors (Lipinski definition) is 7. The van der Waals surface area contributed by atoms with Gasteiger partial charge in [-0.3, -0.25) is 10.5 Å². The molecule has 1 atom stereocenters. The molecule has 2 rings (SSSR count). The predicted molar refractivity (Wildman–Crippen MR) is 68.9 cm³/mol. The van der Waals surface area contributed by atoms with Gasteiger partial charge >= 0.3 is 0 Å². The standard InChI is InChI=1S/C10H17N7O/c1-6(2-3-18)4-12-8-7-5-13-17-9(7)15-10(14-8)16-11/h5-6,18H,2-4,11H2,1H3,(H3,12,13,14,15,16,17). The lowest BCUT2D eigenvalue weighted by Crippen LogP contribution is -2.16. The van der Waals surface area contributed by atoms with Crippen LogP contribution in [-0.2, 0) is 0 Å². The minimum absolute atomic E-state index is 0.184. The summed E-state index contributed by atoms with van der Waals surface area (Å²) < 4.78 is 0. The van der Waals surface area contributed by atoms with Crippen molar-refractivity contribution in [3.05, 3.63) is 6.20 Å². The molecular weight excluding hydrogens is 234 g/mol. The Morgan fingerprint density at radius 1 is 1.50 bits per heavy atom. The molecule has 0 bridgehead atoms. The highest BCUT2D eigenvalue weighted by Gasteiger charge is 2.09. The summed E-state index contributed by atoms with van der Waals surface area (Å²) in [5.74, 6) is 6.66. The number of nitrogens with two attached hydrogens (primary N) is 1. The molecule has 0 fully saturated rings. The Balaban J connectivity index is 2.18. The van der Waals surface area contributed by atoms with Gasteiger partial charge in [-0.1, -0.05) is 6.92 Å². The van der Waals surface area contributed by atoms with Crippen LogP contribution in [0.1, 0.15) is 13.3 Å². The maximum Gasteiger partial charge on any atom is 0.241 e. The fourth-order valence-electron chi connectivity index (χ4n) is 1.63. The molecule has 8 nitrogen and oxygen atoms in total. The Morgan fingerprint density at radius 3 is 3.06 bits per heavy atom. The van der Waals surface area contributed by atoms with E-state index in [0.29, 0.717) is 29.9 Å². The number of H-pyrrole nitrogens is 1. The number of hydrogen-bond donors (Lipinski definition) is 5. The minimum Gasteiger partial charge on any atom is -0.396 e. The fraction of sp³-hybridized carbons (Fsp3) is 0.500. The first-order valence-corrected chi connectivity index (χ1v) is 5.77. The van der Waals surface area contributed by atoms with Crippen molar-refractivity contribution in [1.29, 1.82) is 0 Å². The number of nitrogen functional groups attached to an aromatic ring is 1. The topological polar surface area (TPSA) is 125 Å². The van der Waals surface area contributed by atoms with Gasteiger partial charge in [-0.05, 0) is 12.3 Å². The number of aromatic amines is 1. The fourth-order valence-corrected chi connectivity index (χ4v) is 1.63. The number of aromatic nitrogens is 4.